The van der Waals surface area contributed by atoms with E-state index in [-0.39, 0.29) is 0 Å². The Hall–Kier alpha value is 0.430. The second-order valence-corrected chi connectivity index (χ2v) is 2.52. The second-order valence-electron chi connectivity index (χ2n) is 1.58. The van der Waals surface area contributed by atoms with E-state index in [1.165, 1.54) is 12.8 Å². The van der Waals surface area contributed by atoms with Gasteiger partial charge in [0.15, 0.2) is 0 Å². The molecule has 1 unspecified atom stereocenters. The van der Waals surface area contributed by atoms with Crippen LogP contribution in [0.4, 0.5) is 0 Å². The highest BCUT2D eigenvalue weighted by atomic mass is 31.0. The summed E-state index contributed by atoms with van der Waals surface area (Å²) in [5.74, 6) is 0. The normalized spacial score (nSPS) is 8.25. The molecule has 52 valence electrons. The summed E-state index contributed by atoms with van der Waals surface area (Å²) in [7, 11) is 2.81. The fourth-order valence-electron chi connectivity index (χ4n) is 0.289. The van der Waals surface area contributed by atoms with Gasteiger partial charge < -0.3 is 0 Å². The maximum atomic E-state index is 2.81. The van der Waals surface area contributed by atoms with E-state index in [1.54, 1.807) is 0 Å². The Morgan fingerprint density at radius 3 is 1.38 bits per heavy atom. The van der Waals surface area contributed by atoms with Gasteiger partial charge in [0.25, 0.3) is 0 Å². The van der Waals surface area contributed by atoms with E-state index >= 15 is 0 Å². The quantitative estimate of drug-likeness (QED) is 0.509. The van der Waals surface area contributed by atoms with E-state index in [0.717, 1.165) is 5.66 Å². The van der Waals surface area contributed by atoms with Crippen LogP contribution in [-0.4, -0.2) is 5.66 Å². The van der Waals surface area contributed by atoms with E-state index in [9.17, 15) is 0 Å². The van der Waals surface area contributed by atoms with Crippen molar-refractivity contribution in [2.45, 2.75) is 46.2 Å². The molecule has 8 heavy (non-hydrogen) atoms. The molecule has 0 aliphatic heterocycles. The molecule has 0 nitrogen and oxygen atoms in total. The first-order chi connectivity index (χ1) is 3.81. The molecule has 1 heteroatoms. The van der Waals surface area contributed by atoms with Crippen molar-refractivity contribution < 1.29 is 0 Å². The minimum absolute atomic E-state index is 0.852. The standard InChI is InChI=1S/C5H13P.C2H6/c1-3-5(6)4-2;1-2/h5H,3-4,6H2,1-2H3;1-2H3. The van der Waals surface area contributed by atoms with Gasteiger partial charge in [0, 0.05) is 0 Å². The zero-order chi connectivity index (χ0) is 6.99. The molecule has 0 fully saturated rings. The van der Waals surface area contributed by atoms with Crippen molar-refractivity contribution >= 4 is 9.24 Å². The molecule has 0 rings (SSSR count). The van der Waals surface area contributed by atoms with Gasteiger partial charge in [-0.25, -0.2) is 0 Å². The first-order valence-electron chi connectivity index (χ1n) is 3.56. The van der Waals surface area contributed by atoms with Crippen molar-refractivity contribution in [3.05, 3.63) is 0 Å². The summed E-state index contributed by atoms with van der Waals surface area (Å²) in [5, 5.41) is 0. The van der Waals surface area contributed by atoms with Crippen molar-refractivity contribution in [1.82, 2.24) is 0 Å². The molecule has 1 atom stereocenters. The summed E-state index contributed by atoms with van der Waals surface area (Å²) in [5.41, 5.74) is 0.852. The number of hydrogen-bond acceptors (Lipinski definition) is 0. The van der Waals surface area contributed by atoms with E-state index in [1.807, 2.05) is 13.8 Å². The molecule has 0 aromatic carbocycles. The zero-order valence-electron chi connectivity index (χ0n) is 6.57. The molecule has 0 amide bonds. The predicted molar refractivity (Wildman–Crippen MR) is 45.4 cm³/mol. The lowest BCUT2D eigenvalue weighted by molar-refractivity contribution is 0.793. The lowest BCUT2D eigenvalue weighted by Gasteiger charge is -1.98. The molecular formula is C7H19P. The Morgan fingerprint density at radius 1 is 1.12 bits per heavy atom. The lowest BCUT2D eigenvalue weighted by Crippen LogP contribution is -1.88. The second kappa shape index (κ2) is 10.4. The maximum absolute atomic E-state index is 2.81. The topological polar surface area (TPSA) is 0 Å². The predicted octanol–water partition coefficient (Wildman–Crippen LogP) is 3.08. The van der Waals surface area contributed by atoms with Crippen LogP contribution in [0.2, 0.25) is 0 Å². The Labute approximate surface area is 56.3 Å². The SMILES string of the molecule is CC.CCC(P)CC. The first-order valence-corrected chi connectivity index (χ1v) is 4.23. The Balaban J connectivity index is 0. The average molecular weight is 134 g/mol. The molecule has 0 radical (unpaired) electrons. The summed E-state index contributed by atoms with van der Waals surface area (Å²) >= 11 is 0. The van der Waals surface area contributed by atoms with Gasteiger partial charge in [-0.15, -0.1) is 9.24 Å². The fourth-order valence-corrected chi connectivity index (χ4v) is 0.289. The van der Waals surface area contributed by atoms with Crippen molar-refractivity contribution in [1.29, 1.82) is 0 Å². The Morgan fingerprint density at radius 2 is 1.38 bits per heavy atom. The van der Waals surface area contributed by atoms with E-state index in [2.05, 4.69) is 23.1 Å². The monoisotopic (exact) mass is 134 g/mol. The van der Waals surface area contributed by atoms with Crippen molar-refractivity contribution in [2.24, 2.45) is 0 Å². The van der Waals surface area contributed by atoms with Gasteiger partial charge in [-0.1, -0.05) is 27.7 Å². The molecule has 0 N–H and O–H groups in total. The minimum atomic E-state index is 0.852. The van der Waals surface area contributed by atoms with Gasteiger partial charge in [-0.2, -0.15) is 0 Å². The fraction of sp³-hybridized carbons (Fsp3) is 1.00. The van der Waals surface area contributed by atoms with E-state index in [4.69, 9.17) is 0 Å². The first kappa shape index (κ1) is 11.3. The van der Waals surface area contributed by atoms with Gasteiger partial charge in [0.05, 0.1) is 0 Å². The highest BCUT2D eigenvalue weighted by Crippen LogP contribution is 2.06. The van der Waals surface area contributed by atoms with Gasteiger partial charge >= 0.3 is 0 Å². The molecule has 0 aliphatic rings. The summed E-state index contributed by atoms with van der Waals surface area (Å²) < 4.78 is 0. The van der Waals surface area contributed by atoms with Crippen LogP contribution >= 0.6 is 9.24 Å². The lowest BCUT2D eigenvalue weighted by atomic mass is 10.3. The van der Waals surface area contributed by atoms with Crippen LogP contribution in [0.15, 0.2) is 0 Å². The highest BCUT2D eigenvalue weighted by Gasteiger charge is 1.88. The van der Waals surface area contributed by atoms with E-state index in [0.29, 0.717) is 0 Å². The van der Waals surface area contributed by atoms with Crippen LogP contribution in [0.25, 0.3) is 0 Å². The molecule has 0 aromatic heterocycles. The van der Waals surface area contributed by atoms with Gasteiger partial charge in [-0.05, 0) is 18.5 Å². The molecule has 0 saturated carbocycles. The summed E-state index contributed by atoms with van der Waals surface area (Å²) in [6.07, 6.45) is 2.59. The molecular weight excluding hydrogens is 115 g/mol. The Bertz CT molecular complexity index is 23.6. The summed E-state index contributed by atoms with van der Waals surface area (Å²) in [6.45, 7) is 8.42. The van der Waals surface area contributed by atoms with Crippen LogP contribution < -0.4 is 0 Å². The molecule has 0 aliphatic carbocycles. The van der Waals surface area contributed by atoms with Crippen molar-refractivity contribution in [3.63, 3.8) is 0 Å². The molecule has 0 aromatic rings. The van der Waals surface area contributed by atoms with Gasteiger partial charge in [0.1, 0.15) is 0 Å². The van der Waals surface area contributed by atoms with Crippen LogP contribution in [-0.2, 0) is 0 Å². The van der Waals surface area contributed by atoms with Gasteiger partial charge in [0.2, 0.25) is 0 Å². The highest BCUT2D eigenvalue weighted by molar-refractivity contribution is 7.17. The molecule has 0 saturated heterocycles. The third-order valence-corrected chi connectivity index (χ3v) is 1.99. The zero-order valence-corrected chi connectivity index (χ0v) is 7.72. The van der Waals surface area contributed by atoms with Crippen LogP contribution in [0.5, 0.6) is 0 Å². The third kappa shape index (κ3) is 9.66. The average Bonchev–Trinajstić information content (AvgIpc) is 1.91. The van der Waals surface area contributed by atoms with Crippen LogP contribution in [0.3, 0.4) is 0 Å². The third-order valence-electron chi connectivity index (χ3n) is 1.05. The number of rotatable bonds is 2. The van der Waals surface area contributed by atoms with Crippen molar-refractivity contribution in [2.75, 3.05) is 0 Å². The van der Waals surface area contributed by atoms with E-state index < -0.39 is 0 Å². The number of hydrogen-bond donors (Lipinski definition) is 0. The largest absolute Gasteiger partial charge is 0.134 e. The smallest absolute Gasteiger partial charge is 0.0269 e. The minimum Gasteiger partial charge on any atom is -0.134 e. The van der Waals surface area contributed by atoms with Crippen LogP contribution in [0, 0.1) is 0 Å². The molecule has 0 heterocycles. The van der Waals surface area contributed by atoms with Gasteiger partial charge in [-0.3, -0.25) is 0 Å². The maximum Gasteiger partial charge on any atom is -0.0269 e. The summed E-state index contributed by atoms with van der Waals surface area (Å²) in [6, 6.07) is 0. The van der Waals surface area contributed by atoms with Crippen molar-refractivity contribution in [3.8, 4) is 0 Å². The molecule has 0 spiro atoms. The Kier molecular flexibility index (Phi) is 14.7. The van der Waals surface area contributed by atoms with Crippen LogP contribution in [0.1, 0.15) is 40.5 Å². The summed E-state index contributed by atoms with van der Waals surface area (Å²) in [4.78, 5) is 0. The molecule has 0 bridgehead atoms.